The van der Waals surface area contributed by atoms with Gasteiger partial charge in [-0.1, -0.05) is 48.5 Å². The summed E-state index contributed by atoms with van der Waals surface area (Å²) in [4.78, 5) is 14.6. The van der Waals surface area contributed by atoms with Gasteiger partial charge in [0, 0.05) is 13.1 Å². The molecule has 0 bridgehead atoms. The number of amides is 1. The number of likely N-dealkylation sites (tertiary alicyclic amines) is 1. The fourth-order valence-corrected chi connectivity index (χ4v) is 3.54. The van der Waals surface area contributed by atoms with Crippen molar-refractivity contribution in [1.29, 1.82) is 0 Å². The Balaban J connectivity index is 1.32. The summed E-state index contributed by atoms with van der Waals surface area (Å²) < 4.78 is 11.4. The molecule has 1 aliphatic heterocycles. The fraction of sp³-hybridized carbons (Fsp3) is 0.261. The summed E-state index contributed by atoms with van der Waals surface area (Å²) in [6.07, 6.45) is 1.97. The van der Waals surface area contributed by atoms with Gasteiger partial charge in [0.1, 0.15) is 18.1 Å². The fourth-order valence-electron chi connectivity index (χ4n) is 3.54. The Morgan fingerprint density at radius 3 is 2.30 bits per heavy atom. The minimum absolute atomic E-state index is 0.0347. The van der Waals surface area contributed by atoms with Crippen molar-refractivity contribution in [2.45, 2.75) is 25.4 Å². The molecule has 2 heterocycles. The number of furan rings is 1. The highest BCUT2D eigenvalue weighted by molar-refractivity contribution is 5.91. The summed E-state index contributed by atoms with van der Waals surface area (Å²) in [6.45, 7) is 1.83. The van der Waals surface area contributed by atoms with Gasteiger partial charge in [-0.25, -0.2) is 0 Å². The number of benzene rings is 2. The van der Waals surface area contributed by atoms with Crippen LogP contribution in [0.25, 0.3) is 0 Å². The van der Waals surface area contributed by atoms with Crippen LogP contribution in [0.3, 0.4) is 0 Å². The smallest absolute Gasteiger partial charge is 0.289 e. The van der Waals surface area contributed by atoms with Crippen LogP contribution in [-0.2, 0) is 6.61 Å². The zero-order valence-electron chi connectivity index (χ0n) is 15.2. The van der Waals surface area contributed by atoms with Gasteiger partial charge in [-0.05, 0) is 48.6 Å². The van der Waals surface area contributed by atoms with Crippen molar-refractivity contribution in [1.82, 2.24) is 4.90 Å². The molecule has 1 aliphatic rings. The first-order chi connectivity index (χ1) is 13.3. The van der Waals surface area contributed by atoms with Gasteiger partial charge in [0.15, 0.2) is 5.76 Å². The lowest BCUT2D eigenvalue weighted by Gasteiger charge is -2.31. The molecule has 2 aromatic carbocycles. The Morgan fingerprint density at radius 1 is 0.926 bits per heavy atom. The van der Waals surface area contributed by atoms with Gasteiger partial charge in [-0.15, -0.1) is 0 Å². The molecule has 0 spiro atoms. The molecule has 0 aliphatic carbocycles. The van der Waals surface area contributed by atoms with Crippen LogP contribution in [0, 0.1) is 0 Å². The van der Waals surface area contributed by atoms with Gasteiger partial charge in [-0.2, -0.15) is 0 Å². The van der Waals surface area contributed by atoms with Crippen molar-refractivity contribution in [2.24, 2.45) is 0 Å². The average Bonchev–Trinajstić information content (AvgIpc) is 3.22. The Labute approximate surface area is 159 Å². The molecule has 27 heavy (non-hydrogen) atoms. The molecule has 1 saturated heterocycles. The lowest BCUT2D eigenvalue weighted by molar-refractivity contribution is 0.0676. The Hall–Kier alpha value is -3.01. The van der Waals surface area contributed by atoms with Crippen molar-refractivity contribution in [3.63, 3.8) is 0 Å². The van der Waals surface area contributed by atoms with Crippen LogP contribution < -0.4 is 4.74 Å². The average molecular weight is 361 g/mol. The predicted molar refractivity (Wildman–Crippen MR) is 104 cm³/mol. The van der Waals surface area contributed by atoms with Crippen LogP contribution in [-0.4, -0.2) is 23.9 Å². The highest BCUT2D eigenvalue weighted by Crippen LogP contribution is 2.28. The van der Waals surface area contributed by atoms with E-state index in [1.54, 1.807) is 6.07 Å². The van der Waals surface area contributed by atoms with Crippen LogP contribution in [0.15, 0.2) is 77.2 Å². The van der Waals surface area contributed by atoms with Gasteiger partial charge < -0.3 is 14.1 Å². The predicted octanol–water partition coefficient (Wildman–Crippen LogP) is 4.88. The number of piperidine rings is 1. The molecule has 3 aromatic rings. The van der Waals surface area contributed by atoms with Crippen LogP contribution >= 0.6 is 0 Å². The second-order valence-electron chi connectivity index (χ2n) is 6.84. The summed E-state index contributed by atoms with van der Waals surface area (Å²) in [5.74, 6) is 2.32. The number of hydrogen-bond acceptors (Lipinski definition) is 3. The quantitative estimate of drug-likeness (QED) is 0.650. The molecule has 1 fully saturated rings. The molecular weight excluding hydrogens is 338 g/mol. The zero-order chi connectivity index (χ0) is 18.5. The summed E-state index contributed by atoms with van der Waals surface area (Å²) in [7, 11) is 0. The third kappa shape index (κ3) is 4.22. The van der Waals surface area contributed by atoms with Crippen LogP contribution in [0.5, 0.6) is 5.75 Å². The largest absolute Gasteiger partial charge is 0.486 e. The normalized spacial score (nSPS) is 14.9. The number of rotatable bonds is 5. The van der Waals surface area contributed by atoms with Crippen molar-refractivity contribution in [2.75, 3.05) is 13.1 Å². The zero-order valence-corrected chi connectivity index (χ0v) is 15.2. The first-order valence-electron chi connectivity index (χ1n) is 9.40. The van der Waals surface area contributed by atoms with E-state index in [4.69, 9.17) is 9.15 Å². The van der Waals surface area contributed by atoms with Gasteiger partial charge >= 0.3 is 0 Å². The number of para-hydroxylation sites is 1. The van der Waals surface area contributed by atoms with Gasteiger partial charge in [0.2, 0.25) is 0 Å². The highest BCUT2D eigenvalue weighted by Gasteiger charge is 2.26. The second kappa shape index (κ2) is 8.12. The summed E-state index contributed by atoms with van der Waals surface area (Å²) >= 11 is 0. The molecular formula is C23H23NO3. The molecule has 0 atom stereocenters. The summed E-state index contributed by atoms with van der Waals surface area (Å²) in [5.41, 5.74) is 1.36. The van der Waals surface area contributed by atoms with Crippen LogP contribution in [0.2, 0.25) is 0 Å². The standard InChI is InChI=1S/C23H23NO3/c25-23(24-15-13-19(14-16-24)18-7-3-1-4-8-18)22-12-11-21(27-22)17-26-20-9-5-2-6-10-20/h1-12,19H,13-17H2. The van der Waals surface area contributed by atoms with Crippen molar-refractivity contribution < 1.29 is 13.9 Å². The van der Waals surface area contributed by atoms with Crippen LogP contribution in [0.1, 0.15) is 40.6 Å². The Bertz CT molecular complexity index is 865. The molecule has 4 nitrogen and oxygen atoms in total. The molecule has 0 unspecified atom stereocenters. The van der Waals surface area contributed by atoms with Crippen molar-refractivity contribution in [3.05, 3.63) is 89.9 Å². The molecule has 0 N–H and O–H groups in total. The molecule has 138 valence electrons. The second-order valence-corrected chi connectivity index (χ2v) is 6.84. The lowest BCUT2D eigenvalue weighted by Crippen LogP contribution is -2.37. The first kappa shape index (κ1) is 17.4. The van der Waals surface area contributed by atoms with E-state index in [1.165, 1.54) is 5.56 Å². The molecule has 4 heteroatoms. The maximum atomic E-state index is 12.7. The van der Waals surface area contributed by atoms with Crippen molar-refractivity contribution in [3.8, 4) is 5.75 Å². The molecule has 0 radical (unpaired) electrons. The minimum atomic E-state index is -0.0347. The summed E-state index contributed by atoms with van der Waals surface area (Å²) in [6, 6.07) is 23.7. The van der Waals surface area contributed by atoms with E-state index >= 15 is 0 Å². The summed E-state index contributed by atoms with van der Waals surface area (Å²) in [5, 5.41) is 0. The third-order valence-corrected chi connectivity index (χ3v) is 5.05. The first-order valence-corrected chi connectivity index (χ1v) is 9.40. The van der Waals surface area contributed by atoms with Gasteiger partial charge in [-0.3, -0.25) is 4.79 Å². The molecule has 1 aromatic heterocycles. The maximum absolute atomic E-state index is 12.7. The maximum Gasteiger partial charge on any atom is 0.289 e. The van der Waals surface area contributed by atoms with E-state index in [-0.39, 0.29) is 5.91 Å². The van der Waals surface area contributed by atoms with Gasteiger partial charge in [0.25, 0.3) is 5.91 Å². The Kier molecular flexibility index (Phi) is 5.24. The van der Waals surface area contributed by atoms with E-state index in [9.17, 15) is 4.79 Å². The topological polar surface area (TPSA) is 42.7 Å². The van der Waals surface area contributed by atoms with E-state index in [2.05, 4.69) is 24.3 Å². The van der Waals surface area contributed by atoms with Crippen molar-refractivity contribution >= 4 is 5.91 Å². The number of carbonyl (C=O) groups excluding carboxylic acids is 1. The monoisotopic (exact) mass is 361 g/mol. The molecule has 1 amide bonds. The van der Waals surface area contributed by atoms with E-state index in [0.717, 1.165) is 31.7 Å². The minimum Gasteiger partial charge on any atom is -0.486 e. The number of ether oxygens (including phenoxy) is 1. The SMILES string of the molecule is O=C(c1ccc(COc2ccccc2)o1)N1CCC(c2ccccc2)CC1. The van der Waals surface area contributed by atoms with Crippen LogP contribution in [0.4, 0.5) is 0 Å². The van der Waals surface area contributed by atoms with E-state index in [1.807, 2.05) is 47.4 Å². The molecule has 4 rings (SSSR count). The van der Waals surface area contributed by atoms with Gasteiger partial charge in [0.05, 0.1) is 0 Å². The number of hydrogen-bond donors (Lipinski definition) is 0. The third-order valence-electron chi connectivity index (χ3n) is 5.05. The lowest BCUT2D eigenvalue weighted by atomic mass is 9.89. The number of carbonyl (C=O) groups is 1. The number of nitrogens with zero attached hydrogens (tertiary/aromatic N) is 1. The molecule has 0 saturated carbocycles. The van der Waals surface area contributed by atoms with E-state index in [0.29, 0.717) is 24.0 Å². The Morgan fingerprint density at radius 2 is 1.59 bits per heavy atom. The highest BCUT2D eigenvalue weighted by atomic mass is 16.5. The van der Waals surface area contributed by atoms with E-state index < -0.39 is 0 Å².